The monoisotopic (exact) mass is 392 g/mol. The number of esters is 1. The number of nitro benzene ring substituents is 1. The van der Waals surface area contributed by atoms with Crippen molar-refractivity contribution in [3.8, 4) is 11.5 Å². The Morgan fingerprint density at radius 2 is 1.89 bits per heavy atom. The summed E-state index contributed by atoms with van der Waals surface area (Å²) in [5, 5.41) is 13.2. The van der Waals surface area contributed by atoms with E-state index in [0.717, 1.165) is 6.07 Å². The normalized spacial score (nSPS) is 12.2. The number of hydrogen-bond acceptors (Lipinski definition) is 7. The molecule has 0 fully saturated rings. The topological polar surface area (TPSA) is 117 Å². The zero-order valence-corrected chi connectivity index (χ0v) is 14.5. The summed E-state index contributed by atoms with van der Waals surface area (Å²) in [6.45, 7) is 0.241. The van der Waals surface area contributed by atoms with Gasteiger partial charge in [0.15, 0.2) is 18.1 Å². The van der Waals surface area contributed by atoms with Gasteiger partial charge in [-0.1, -0.05) is 11.6 Å². The number of carbonyl (C=O) groups excluding carboxylic acids is 2. The van der Waals surface area contributed by atoms with Gasteiger partial charge in [0.1, 0.15) is 18.2 Å². The lowest BCUT2D eigenvalue weighted by Gasteiger charge is -2.18. The Bertz CT molecular complexity index is 916. The van der Waals surface area contributed by atoms with Crippen LogP contribution in [0.5, 0.6) is 11.5 Å². The molecule has 0 aliphatic carbocycles. The lowest BCUT2D eigenvalue weighted by Crippen LogP contribution is -2.21. The molecule has 0 saturated carbocycles. The van der Waals surface area contributed by atoms with E-state index < -0.39 is 23.4 Å². The summed E-state index contributed by atoms with van der Waals surface area (Å²) in [6.07, 6.45) is 0. The summed E-state index contributed by atoms with van der Waals surface area (Å²) < 4.78 is 15.7. The number of rotatable bonds is 5. The molecule has 0 aromatic heterocycles. The van der Waals surface area contributed by atoms with Gasteiger partial charge in [-0.2, -0.15) is 0 Å². The van der Waals surface area contributed by atoms with Crippen molar-refractivity contribution in [3.63, 3.8) is 0 Å². The third-order valence-corrected chi connectivity index (χ3v) is 3.86. The Kier molecular flexibility index (Phi) is 5.41. The number of hydrogen-bond donors (Lipinski definition) is 1. The number of ether oxygens (including phenoxy) is 3. The van der Waals surface area contributed by atoms with E-state index in [1.165, 1.54) is 24.3 Å². The SMILES string of the molecule is O=C(COC(=O)c1ccc2c(c1)OCCO2)Nc1ccc(Cl)c([N+](=O)[O-])c1. The molecular formula is C17H13ClN2O7. The molecule has 1 aliphatic rings. The summed E-state index contributed by atoms with van der Waals surface area (Å²) in [5.74, 6) is -0.421. The van der Waals surface area contributed by atoms with Crippen molar-refractivity contribution in [1.82, 2.24) is 0 Å². The van der Waals surface area contributed by atoms with Crippen molar-refractivity contribution in [3.05, 3.63) is 57.1 Å². The Morgan fingerprint density at radius 3 is 2.63 bits per heavy atom. The highest BCUT2D eigenvalue weighted by atomic mass is 35.5. The van der Waals surface area contributed by atoms with Gasteiger partial charge in [0, 0.05) is 11.8 Å². The maximum Gasteiger partial charge on any atom is 0.338 e. The number of nitrogens with one attached hydrogen (secondary N) is 1. The first kappa shape index (κ1) is 18.5. The number of amides is 1. The molecule has 9 nitrogen and oxygen atoms in total. The highest BCUT2D eigenvalue weighted by molar-refractivity contribution is 6.32. The van der Waals surface area contributed by atoms with Crippen molar-refractivity contribution in [1.29, 1.82) is 0 Å². The Balaban J connectivity index is 1.58. The number of carbonyl (C=O) groups is 2. The third-order valence-electron chi connectivity index (χ3n) is 3.54. The fraction of sp³-hybridized carbons (Fsp3) is 0.176. The smallest absolute Gasteiger partial charge is 0.338 e. The number of halogens is 1. The van der Waals surface area contributed by atoms with Gasteiger partial charge in [0.05, 0.1) is 10.5 Å². The van der Waals surface area contributed by atoms with Crippen molar-refractivity contribution in [2.24, 2.45) is 0 Å². The van der Waals surface area contributed by atoms with Crippen molar-refractivity contribution < 1.29 is 28.7 Å². The second kappa shape index (κ2) is 7.92. The van der Waals surface area contributed by atoms with Gasteiger partial charge in [-0.15, -0.1) is 0 Å². The molecule has 27 heavy (non-hydrogen) atoms. The lowest BCUT2D eigenvalue weighted by atomic mass is 10.2. The van der Waals surface area contributed by atoms with Crippen LogP contribution in [-0.4, -0.2) is 36.6 Å². The van der Waals surface area contributed by atoms with Crippen LogP contribution in [0.15, 0.2) is 36.4 Å². The van der Waals surface area contributed by atoms with Crippen molar-refractivity contribution in [2.75, 3.05) is 25.1 Å². The first-order chi connectivity index (χ1) is 12.9. The van der Waals surface area contributed by atoms with Crippen LogP contribution in [0.2, 0.25) is 5.02 Å². The Labute approximate surface area is 157 Å². The van der Waals surface area contributed by atoms with E-state index in [1.54, 1.807) is 6.07 Å². The highest BCUT2D eigenvalue weighted by Gasteiger charge is 2.17. The first-order valence-electron chi connectivity index (χ1n) is 7.74. The Hall–Kier alpha value is -3.33. The van der Waals surface area contributed by atoms with Crippen LogP contribution in [-0.2, 0) is 9.53 Å². The zero-order chi connectivity index (χ0) is 19.4. The van der Waals surface area contributed by atoms with E-state index in [1.807, 2.05) is 0 Å². The van der Waals surface area contributed by atoms with E-state index in [9.17, 15) is 19.7 Å². The molecule has 0 atom stereocenters. The summed E-state index contributed by atoms with van der Waals surface area (Å²) in [6, 6.07) is 8.35. The number of benzene rings is 2. The summed E-state index contributed by atoms with van der Waals surface area (Å²) >= 11 is 5.71. The number of nitrogens with zero attached hydrogens (tertiary/aromatic N) is 1. The zero-order valence-electron chi connectivity index (χ0n) is 13.8. The molecule has 140 valence electrons. The maximum absolute atomic E-state index is 12.1. The third kappa shape index (κ3) is 4.45. The molecule has 1 N–H and O–H groups in total. The van der Waals surface area contributed by atoms with Crippen molar-refractivity contribution in [2.45, 2.75) is 0 Å². The molecule has 0 radical (unpaired) electrons. The van der Waals surface area contributed by atoms with E-state index in [2.05, 4.69) is 5.32 Å². The minimum Gasteiger partial charge on any atom is -0.486 e. The average molecular weight is 393 g/mol. The molecule has 1 aliphatic heterocycles. The molecule has 0 spiro atoms. The second-order valence-corrected chi connectivity index (χ2v) is 5.81. The predicted molar refractivity (Wildman–Crippen MR) is 94.5 cm³/mol. The minimum atomic E-state index is -0.718. The molecule has 1 heterocycles. The fourth-order valence-corrected chi connectivity index (χ4v) is 2.50. The molecule has 0 bridgehead atoms. The van der Waals surface area contributed by atoms with Gasteiger partial charge in [0.25, 0.3) is 11.6 Å². The highest BCUT2D eigenvalue weighted by Crippen LogP contribution is 2.31. The summed E-state index contributed by atoms with van der Waals surface area (Å²) in [4.78, 5) is 34.2. The van der Waals surface area contributed by atoms with E-state index >= 15 is 0 Å². The number of fused-ring (bicyclic) bond motifs is 1. The van der Waals surface area contributed by atoms with E-state index in [-0.39, 0.29) is 22.0 Å². The summed E-state index contributed by atoms with van der Waals surface area (Å²) in [5.41, 5.74) is 0.0170. The van der Waals surface area contributed by atoms with Crippen LogP contribution in [0.1, 0.15) is 10.4 Å². The quantitative estimate of drug-likeness (QED) is 0.472. The molecule has 3 rings (SSSR count). The van der Waals surface area contributed by atoms with Gasteiger partial charge in [-0.3, -0.25) is 14.9 Å². The molecule has 0 unspecified atom stereocenters. The van der Waals surface area contributed by atoms with E-state index in [4.69, 9.17) is 25.8 Å². The van der Waals surface area contributed by atoms with Gasteiger partial charge in [-0.05, 0) is 30.3 Å². The molecule has 0 saturated heterocycles. The fourth-order valence-electron chi connectivity index (χ4n) is 2.31. The minimum absolute atomic E-state index is 0.0527. The molecule has 2 aromatic carbocycles. The van der Waals surface area contributed by atoms with Crippen LogP contribution in [0.3, 0.4) is 0 Å². The maximum atomic E-state index is 12.1. The van der Waals surface area contributed by atoms with E-state index in [0.29, 0.717) is 24.7 Å². The molecular weight excluding hydrogens is 380 g/mol. The standard InChI is InChI=1S/C17H13ClN2O7/c18-12-3-2-11(8-13(12)20(23)24)19-16(21)9-27-17(22)10-1-4-14-15(7-10)26-6-5-25-14/h1-4,7-8H,5-6,9H2,(H,19,21). The molecule has 10 heteroatoms. The predicted octanol–water partition coefficient (Wildman–Crippen LogP) is 2.81. The molecule has 2 aromatic rings. The van der Waals surface area contributed by atoms with Crippen LogP contribution >= 0.6 is 11.6 Å². The Morgan fingerprint density at radius 1 is 1.15 bits per heavy atom. The second-order valence-electron chi connectivity index (χ2n) is 5.41. The van der Waals surface area contributed by atoms with Crippen molar-refractivity contribution >= 4 is 34.9 Å². The molecule has 1 amide bonds. The van der Waals surface area contributed by atoms with Gasteiger partial charge in [0.2, 0.25) is 0 Å². The summed E-state index contributed by atoms with van der Waals surface area (Å²) in [7, 11) is 0. The van der Waals surface area contributed by atoms with Crippen LogP contribution in [0, 0.1) is 10.1 Å². The first-order valence-corrected chi connectivity index (χ1v) is 8.12. The number of nitro groups is 1. The van der Waals surface area contributed by atoms with Gasteiger partial charge in [-0.25, -0.2) is 4.79 Å². The van der Waals surface area contributed by atoms with Gasteiger partial charge >= 0.3 is 5.97 Å². The largest absolute Gasteiger partial charge is 0.486 e. The van der Waals surface area contributed by atoms with Crippen LogP contribution in [0.25, 0.3) is 0 Å². The number of anilines is 1. The van der Waals surface area contributed by atoms with Crippen LogP contribution in [0.4, 0.5) is 11.4 Å². The van der Waals surface area contributed by atoms with Crippen LogP contribution < -0.4 is 14.8 Å². The van der Waals surface area contributed by atoms with Gasteiger partial charge < -0.3 is 19.5 Å². The average Bonchev–Trinajstić information content (AvgIpc) is 2.67. The lowest BCUT2D eigenvalue weighted by molar-refractivity contribution is -0.384.